The molecule has 0 amide bonds. The summed E-state index contributed by atoms with van der Waals surface area (Å²) < 4.78 is 15.8. The average Bonchev–Trinajstić information content (AvgIpc) is 4.16. The minimum atomic E-state index is -0.149. The molecule has 14 rings (SSSR count). The first-order valence-electron chi connectivity index (χ1n) is 22.4. The smallest absolute Gasteiger partial charge is 0.136 e. The fraction of sp³-hybridized carbons (Fsp3) is 0.133. The topological polar surface area (TPSA) is 22.4 Å². The highest BCUT2D eigenvalue weighted by atomic mass is 32.1. The minimum Gasteiger partial charge on any atom is -0.485 e. The highest BCUT2D eigenvalue weighted by Crippen LogP contribution is 2.56. The van der Waals surface area contributed by atoms with Crippen molar-refractivity contribution in [2.45, 2.75) is 50.5 Å². The van der Waals surface area contributed by atoms with E-state index in [0.29, 0.717) is 0 Å². The van der Waals surface area contributed by atoms with Crippen LogP contribution in [0.3, 0.4) is 0 Å². The van der Waals surface area contributed by atoms with E-state index in [-0.39, 0.29) is 22.9 Å². The van der Waals surface area contributed by atoms with E-state index in [4.69, 9.17) is 9.15 Å². The lowest BCUT2D eigenvalue weighted by atomic mass is 9.79. The summed E-state index contributed by atoms with van der Waals surface area (Å²) in [4.78, 5) is 2.64. The summed E-state index contributed by atoms with van der Waals surface area (Å²) in [7, 11) is 0. The Kier molecular flexibility index (Phi) is 7.43. The molecule has 2 atom stereocenters. The van der Waals surface area contributed by atoms with Gasteiger partial charge in [-0.3, -0.25) is 0 Å². The Morgan fingerprint density at radius 1 is 0.469 bits per heavy atom. The van der Waals surface area contributed by atoms with Crippen LogP contribution in [0.2, 0.25) is 0 Å². The molecule has 2 unspecified atom stereocenters. The van der Waals surface area contributed by atoms with Crippen molar-refractivity contribution in [2.75, 3.05) is 0 Å². The molecule has 3 aliphatic carbocycles. The third-order valence-corrected chi connectivity index (χ3v) is 17.3. The Morgan fingerprint density at radius 2 is 1.05 bits per heavy atom. The number of thiophene rings is 2. The Balaban J connectivity index is 0.763. The van der Waals surface area contributed by atoms with E-state index in [9.17, 15) is 0 Å². The zero-order chi connectivity index (χ0) is 42.6. The number of ether oxygens (including phenoxy) is 1. The van der Waals surface area contributed by atoms with Crippen molar-refractivity contribution in [3.8, 4) is 60.0 Å². The van der Waals surface area contributed by atoms with Crippen LogP contribution in [0.4, 0.5) is 0 Å². The first-order valence-corrected chi connectivity index (χ1v) is 24.0. The SMILES string of the molecule is CC1(C)c2cc(-c3cc4sc(-c5ccc6c(c5)C(C)(C)c5cc7c(cc5-6)oc5ccc(-c6ccccc6)cc57)cc4s3)ccc2-c2cc3c(cc21)C1C=C(c2ccccc2)C=CC1O3. The van der Waals surface area contributed by atoms with Gasteiger partial charge in [0.25, 0.3) is 0 Å². The second-order valence-corrected chi connectivity index (χ2v) is 21.4. The van der Waals surface area contributed by atoms with Gasteiger partial charge in [0.15, 0.2) is 0 Å². The van der Waals surface area contributed by atoms with Crippen LogP contribution in [0.15, 0.2) is 174 Å². The van der Waals surface area contributed by atoms with Gasteiger partial charge in [-0.1, -0.05) is 131 Å². The van der Waals surface area contributed by atoms with Gasteiger partial charge in [0.2, 0.25) is 0 Å². The standard InChI is InChI=1S/C60H42O2S2/c1-59(2)47-25-37(15-19-39(47)41-29-53-45(27-49(41)59)43-23-35(17-21-51(43)61-53)33-11-7-5-8-12-33)55-31-57-58(63-55)32-56(64-57)38-16-20-40-42-30-54-46(28-50(42)60(3,4)48(40)26-38)44-24-36(18-22-52(44)62-54)34-13-9-6-10-14-34/h5-32,43,51H,1-4H3. The number of hydrogen-bond donors (Lipinski definition) is 0. The predicted octanol–water partition coefficient (Wildman–Crippen LogP) is 17.0. The van der Waals surface area contributed by atoms with E-state index in [2.05, 4.69) is 198 Å². The fourth-order valence-electron chi connectivity index (χ4n) is 11.4. The maximum atomic E-state index is 6.62. The Bertz CT molecular complexity index is 3670. The molecule has 0 N–H and O–H groups in total. The van der Waals surface area contributed by atoms with Gasteiger partial charge in [-0.2, -0.15) is 0 Å². The molecule has 0 fully saturated rings. The summed E-state index contributed by atoms with van der Waals surface area (Å²) in [6, 6.07) is 56.4. The predicted molar refractivity (Wildman–Crippen MR) is 269 cm³/mol. The number of benzene rings is 7. The third-order valence-electron chi connectivity index (χ3n) is 14.9. The lowest BCUT2D eigenvalue weighted by Gasteiger charge is -2.23. The van der Waals surface area contributed by atoms with Crippen LogP contribution in [-0.4, -0.2) is 6.10 Å². The molecular formula is C60H42O2S2. The van der Waals surface area contributed by atoms with E-state index in [1.54, 1.807) is 0 Å². The molecule has 1 aliphatic heterocycles. The summed E-state index contributed by atoms with van der Waals surface area (Å²) in [5.74, 6) is 1.23. The summed E-state index contributed by atoms with van der Waals surface area (Å²) in [6.45, 7) is 9.54. The monoisotopic (exact) mass is 858 g/mol. The Hall–Kier alpha value is -6.72. The molecule has 0 spiro atoms. The van der Waals surface area contributed by atoms with Crippen LogP contribution >= 0.6 is 22.7 Å². The molecule has 4 heterocycles. The van der Waals surface area contributed by atoms with Crippen molar-refractivity contribution < 1.29 is 9.15 Å². The normalized spacial score (nSPS) is 18.1. The van der Waals surface area contributed by atoms with Crippen molar-refractivity contribution >= 4 is 59.6 Å². The molecule has 0 saturated carbocycles. The highest BCUT2D eigenvalue weighted by molar-refractivity contribution is 7.31. The number of furan rings is 1. The molecule has 4 aliphatic rings. The highest BCUT2D eigenvalue weighted by Gasteiger charge is 2.41. The first-order chi connectivity index (χ1) is 31.2. The summed E-state index contributed by atoms with van der Waals surface area (Å²) in [5.41, 5.74) is 21.1. The first kappa shape index (κ1) is 36.7. The Labute approximate surface area is 380 Å². The van der Waals surface area contributed by atoms with E-state index in [0.717, 1.165) is 16.9 Å². The molecule has 64 heavy (non-hydrogen) atoms. The molecule has 2 nitrogen and oxygen atoms in total. The molecule has 306 valence electrons. The van der Waals surface area contributed by atoms with Crippen molar-refractivity contribution in [3.63, 3.8) is 0 Å². The van der Waals surface area contributed by atoms with Gasteiger partial charge >= 0.3 is 0 Å². The maximum Gasteiger partial charge on any atom is 0.136 e. The van der Waals surface area contributed by atoms with Crippen molar-refractivity contribution in [2.24, 2.45) is 0 Å². The van der Waals surface area contributed by atoms with Gasteiger partial charge < -0.3 is 9.15 Å². The number of fused-ring (bicyclic) bond motifs is 13. The van der Waals surface area contributed by atoms with Crippen LogP contribution in [0.25, 0.3) is 91.2 Å². The zero-order valence-electron chi connectivity index (χ0n) is 36.0. The van der Waals surface area contributed by atoms with Crippen molar-refractivity contribution in [3.05, 3.63) is 203 Å². The quantitative estimate of drug-likeness (QED) is 0.176. The summed E-state index contributed by atoms with van der Waals surface area (Å²) in [5, 5.41) is 2.35. The Morgan fingerprint density at radius 3 is 1.72 bits per heavy atom. The van der Waals surface area contributed by atoms with Crippen molar-refractivity contribution in [1.82, 2.24) is 0 Å². The average molecular weight is 859 g/mol. The van der Waals surface area contributed by atoms with Gasteiger partial charge in [0, 0.05) is 52.2 Å². The van der Waals surface area contributed by atoms with Crippen LogP contribution in [0.1, 0.15) is 67.0 Å². The van der Waals surface area contributed by atoms with Crippen molar-refractivity contribution in [1.29, 1.82) is 0 Å². The second-order valence-electron chi connectivity index (χ2n) is 19.2. The van der Waals surface area contributed by atoms with Gasteiger partial charge in [-0.05, 0) is 145 Å². The summed E-state index contributed by atoms with van der Waals surface area (Å²) >= 11 is 3.82. The minimum absolute atomic E-state index is 0.0419. The lowest BCUT2D eigenvalue weighted by molar-refractivity contribution is 0.269. The fourth-order valence-corrected chi connectivity index (χ4v) is 13.8. The molecular weight excluding hydrogens is 817 g/mol. The van der Waals surface area contributed by atoms with Gasteiger partial charge in [0.1, 0.15) is 23.0 Å². The number of rotatable bonds is 4. The molecule has 4 heteroatoms. The maximum absolute atomic E-state index is 6.62. The number of hydrogen-bond acceptors (Lipinski definition) is 4. The van der Waals surface area contributed by atoms with Crippen LogP contribution < -0.4 is 4.74 Å². The molecule has 0 bridgehead atoms. The molecule has 0 radical (unpaired) electrons. The van der Waals surface area contributed by atoms with Crippen LogP contribution in [-0.2, 0) is 10.8 Å². The molecule has 3 aromatic heterocycles. The largest absolute Gasteiger partial charge is 0.485 e. The second kappa shape index (κ2) is 12.9. The van der Waals surface area contributed by atoms with E-state index < -0.39 is 0 Å². The number of allylic oxidation sites excluding steroid dienone is 2. The van der Waals surface area contributed by atoms with Crippen LogP contribution in [0.5, 0.6) is 5.75 Å². The van der Waals surface area contributed by atoms with E-state index in [1.807, 2.05) is 22.7 Å². The van der Waals surface area contributed by atoms with Gasteiger partial charge in [0.05, 0.1) is 0 Å². The zero-order valence-corrected chi connectivity index (χ0v) is 37.6. The molecule has 0 saturated heterocycles. The van der Waals surface area contributed by atoms with E-state index >= 15 is 0 Å². The third kappa shape index (κ3) is 5.18. The lowest BCUT2D eigenvalue weighted by Crippen LogP contribution is -2.17. The van der Waals surface area contributed by atoms with Gasteiger partial charge in [-0.25, -0.2) is 0 Å². The molecule has 7 aromatic carbocycles. The summed E-state index contributed by atoms with van der Waals surface area (Å²) in [6.07, 6.45) is 6.91. The van der Waals surface area contributed by atoms with Crippen LogP contribution in [0, 0.1) is 0 Å². The molecule has 10 aromatic rings. The van der Waals surface area contributed by atoms with E-state index in [1.165, 1.54) is 113 Å². The van der Waals surface area contributed by atoms with Gasteiger partial charge in [-0.15, -0.1) is 22.7 Å².